The monoisotopic (exact) mass is 285 g/mol. The number of rotatable bonds is 4. The van der Waals surface area contributed by atoms with Crippen LogP contribution in [0.5, 0.6) is 0 Å². The minimum absolute atomic E-state index is 0.104. The number of nitrogens with zero attached hydrogens (tertiary/aromatic N) is 2. The molecule has 0 saturated carbocycles. The van der Waals surface area contributed by atoms with Crippen LogP contribution in [0.15, 0.2) is 0 Å². The first-order valence-corrected chi connectivity index (χ1v) is 6.84. The molecule has 7 nitrogen and oxygen atoms in total. The van der Waals surface area contributed by atoms with Crippen molar-refractivity contribution in [1.29, 1.82) is 0 Å². The van der Waals surface area contributed by atoms with Gasteiger partial charge in [-0.1, -0.05) is 6.92 Å². The molecule has 0 radical (unpaired) electrons. The summed E-state index contributed by atoms with van der Waals surface area (Å²) in [6.07, 6.45) is 1.54. The third kappa shape index (κ3) is 3.61. The number of carboxylic acids is 1. The highest BCUT2D eigenvalue weighted by atomic mass is 16.4. The van der Waals surface area contributed by atoms with Gasteiger partial charge in [0.2, 0.25) is 5.91 Å². The molecule has 0 aromatic carbocycles. The molecule has 3 amide bonds. The fraction of sp³-hybridized carbons (Fsp3) is 0.769. The van der Waals surface area contributed by atoms with Gasteiger partial charge in [0.15, 0.2) is 0 Å². The number of nitrogens with two attached hydrogens (primary N) is 1. The second-order valence-electron chi connectivity index (χ2n) is 5.57. The third-order valence-electron chi connectivity index (χ3n) is 3.63. The molecule has 0 aromatic heterocycles. The number of likely N-dealkylation sites (tertiary alicyclic amines) is 1. The van der Waals surface area contributed by atoms with Gasteiger partial charge in [-0.05, 0) is 32.6 Å². The number of hydrogen-bond donors (Lipinski definition) is 2. The lowest BCUT2D eigenvalue weighted by Crippen LogP contribution is -2.58. The van der Waals surface area contributed by atoms with Crippen LogP contribution >= 0.6 is 0 Å². The average molecular weight is 285 g/mol. The third-order valence-corrected chi connectivity index (χ3v) is 3.63. The zero-order valence-electron chi connectivity index (χ0n) is 12.2. The highest BCUT2D eigenvalue weighted by molar-refractivity contribution is 5.86. The van der Waals surface area contributed by atoms with Gasteiger partial charge in [-0.15, -0.1) is 0 Å². The van der Waals surface area contributed by atoms with E-state index in [9.17, 15) is 19.5 Å². The van der Waals surface area contributed by atoms with Crippen LogP contribution in [0.25, 0.3) is 0 Å². The van der Waals surface area contributed by atoms with E-state index in [4.69, 9.17) is 5.73 Å². The number of aliphatic carboxylic acids is 1. The second-order valence-corrected chi connectivity index (χ2v) is 5.57. The maximum Gasteiger partial charge on any atom is 0.326 e. The van der Waals surface area contributed by atoms with E-state index in [0.717, 1.165) is 12.8 Å². The molecule has 1 rings (SSSR count). The SMILES string of the molecule is CC1CCCN(C(=O)N(CC(N)=O)C(C)C)C1C(=O)O. The quantitative estimate of drug-likeness (QED) is 0.784. The summed E-state index contributed by atoms with van der Waals surface area (Å²) in [5.74, 6) is -1.72. The number of carbonyl (C=O) groups is 3. The molecule has 1 aliphatic rings. The number of carbonyl (C=O) groups excluding carboxylic acids is 2. The number of amides is 3. The summed E-state index contributed by atoms with van der Waals surface area (Å²) in [7, 11) is 0. The summed E-state index contributed by atoms with van der Waals surface area (Å²) < 4.78 is 0. The first-order chi connectivity index (χ1) is 9.25. The van der Waals surface area contributed by atoms with Crippen molar-refractivity contribution in [1.82, 2.24) is 9.80 Å². The van der Waals surface area contributed by atoms with Crippen molar-refractivity contribution < 1.29 is 19.5 Å². The van der Waals surface area contributed by atoms with Gasteiger partial charge in [-0.3, -0.25) is 4.79 Å². The molecule has 114 valence electrons. The molecule has 1 fully saturated rings. The van der Waals surface area contributed by atoms with E-state index < -0.39 is 23.9 Å². The van der Waals surface area contributed by atoms with E-state index in [-0.39, 0.29) is 18.5 Å². The van der Waals surface area contributed by atoms with Gasteiger partial charge in [0.05, 0.1) is 0 Å². The normalized spacial score (nSPS) is 22.7. The zero-order valence-corrected chi connectivity index (χ0v) is 12.2. The second kappa shape index (κ2) is 6.58. The lowest BCUT2D eigenvalue weighted by atomic mass is 9.91. The van der Waals surface area contributed by atoms with Crippen molar-refractivity contribution in [3.05, 3.63) is 0 Å². The lowest BCUT2D eigenvalue weighted by molar-refractivity contribution is -0.145. The molecule has 3 N–H and O–H groups in total. The van der Waals surface area contributed by atoms with Gasteiger partial charge >= 0.3 is 12.0 Å². The van der Waals surface area contributed by atoms with Crippen LogP contribution in [0.2, 0.25) is 0 Å². The Balaban J connectivity index is 2.95. The molecule has 2 atom stereocenters. The predicted octanol–water partition coefficient (Wildman–Crippen LogP) is 0.487. The van der Waals surface area contributed by atoms with Crippen molar-refractivity contribution in [3.8, 4) is 0 Å². The molecule has 20 heavy (non-hydrogen) atoms. The molecule has 1 saturated heterocycles. The summed E-state index contributed by atoms with van der Waals surface area (Å²) in [6, 6.07) is -1.50. The lowest BCUT2D eigenvalue weighted by Gasteiger charge is -2.40. The zero-order chi connectivity index (χ0) is 15.4. The molecular formula is C13H23N3O4. The minimum Gasteiger partial charge on any atom is -0.480 e. The molecule has 0 spiro atoms. The Labute approximate surface area is 118 Å². The first-order valence-electron chi connectivity index (χ1n) is 6.84. The Morgan fingerprint density at radius 3 is 2.45 bits per heavy atom. The molecule has 2 unspecified atom stereocenters. The fourth-order valence-corrected chi connectivity index (χ4v) is 2.58. The molecule has 1 aliphatic heterocycles. The average Bonchev–Trinajstić information content (AvgIpc) is 2.33. The number of primary amides is 1. The van der Waals surface area contributed by atoms with Gasteiger partial charge < -0.3 is 20.6 Å². The van der Waals surface area contributed by atoms with Crippen molar-refractivity contribution in [3.63, 3.8) is 0 Å². The fourth-order valence-electron chi connectivity index (χ4n) is 2.58. The Kier molecular flexibility index (Phi) is 5.35. The van der Waals surface area contributed by atoms with Gasteiger partial charge in [0.1, 0.15) is 12.6 Å². The van der Waals surface area contributed by atoms with Crippen LogP contribution < -0.4 is 5.73 Å². The minimum atomic E-state index is -1.01. The predicted molar refractivity (Wildman–Crippen MR) is 73.0 cm³/mol. The van der Waals surface area contributed by atoms with Crippen molar-refractivity contribution in [2.75, 3.05) is 13.1 Å². The van der Waals surface area contributed by atoms with E-state index in [0.29, 0.717) is 6.54 Å². The van der Waals surface area contributed by atoms with Crippen LogP contribution in [-0.4, -0.2) is 58.0 Å². The first kappa shape index (κ1) is 16.3. The van der Waals surface area contributed by atoms with Crippen molar-refractivity contribution >= 4 is 17.9 Å². The van der Waals surface area contributed by atoms with Crippen LogP contribution in [0.3, 0.4) is 0 Å². The smallest absolute Gasteiger partial charge is 0.326 e. The van der Waals surface area contributed by atoms with Crippen LogP contribution in [0, 0.1) is 5.92 Å². The summed E-state index contributed by atoms with van der Waals surface area (Å²) >= 11 is 0. The number of urea groups is 1. The van der Waals surface area contributed by atoms with E-state index >= 15 is 0 Å². The number of piperidine rings is 1. The summed E-state index contributed by atoms with van der Waals surface area (Å²) in [4.78, 5) is 37.6. The van der Waals surface area contributed by atoms with Crippen LogP contribution in [-0.2, 0) is 9.59 Å². The number of hydrogen-bond acceptors (Lipinski definition) is 3. The molecule has 7 heteroatoms. The molecule has 0 aromatic rings. The van der Waals surface area contributed by atoms with Gasteiger partial charge in [0.25, 0.3) is 0 Å². The molecular weight excluding hydrogens is 262 g/mol. The van der Waals surface area contributed by atoms with E-state index in [2.05, 4.69) is 0 Å². The van der Waals surface area contributed by atoms with E-state index in [1.165, 1.54) is 9.80 Å². The van der Waals surface area contributed by atoms with Crippen LogP contribution in [0.1, 0.15) is 33.6 Å². The van der Waals surface area contributed by atoms with Crippen LogP contribution in [0.4, 0.5) is 4.79 Å². The molecule has 1 heterocycles. The Hall–Kier alpha value is -1.79. The summed E-state index contributed by atoms with van der Waals surface area (Å²) in [6.45, 7) is 5.55. The van der Waals surface area contributed by atoms with Gasteiger partial charge in [-0.25, -0.2) is 9.59 Å². The maximum absolute atomic E-state index is 12.5. The van der Waals surface area contributed by atoms with E-state index in [1.807, 2.05) is 6.92 Å². The van der Waals surface area contributed by atoms with Gasteiger partial charge in [0, 0.05) is 12.6 Å². The Morgan fingerprint density at radius 2 is 2.00 bits per heavy atom. The summed E-state index contributed by atoms with van der Waals surface area (Å²) in [5.41, 5.74) is 5.15. The standard InChI is InChI=1S/C13H23N3O4/c1-8(2)16(7-10(14)17)13(20)15-6-4-5-9(3)11(15)12(18)19/h8-9,11H,4-7H2,1-3H3,(H2,14,17)(H,18,19). The van der Waals surface area contributed by atoms with Crippen molar-refractivity contribution in [2.45, 2.75) is 45.7 Å². The van der Waals surface area contributed by atoms with E-state index in [1.54, 1.807) is 13.8 Å². The topological polar surface area (TPSA) is 104 Å². The Morgan fingerprint density at radius 1 is 1.40 bits per heavy atom. The van der Waals surface area contributed by atoms with Crippen molar-refractivity contribution in [2.24, 2.45) is 11.7 Å². The van der Waals surface area contributed by atoms with Gasteiger partial charge in [-0.2, -0.15) is 0 Å². The molecule has 0 aliphatic carbocycles. The highest BCUT2D eigenvalue weighted by Crippen LogP contribution is 2.25. The maximum atomic E-state index is 12.5. The highest BCUT2D eigenvalue weighted by Gasteiger charge is 2.39. The number of carboxylic acid groups (broad SMARTS) is 1. The summed E-state index contributed by atoms with van der Waals surface area (Å²) in [5, 5.41) is 9.33. The largest absolute Gasteiger partial charge is 0.480 e. The molecule has 0 bridgehead atoms. The Bertz CT molecular complexity index is 397.